The molecule has 0 amide bonds. The molecule has 1 aromatic heterocycles. The summed E-state index contributed by atoms with van der Waals surface area (Å²) in [6.45, 7) is 4.82. The summed E-state index contributed by atoms with van der Waals surface area (Å²) in [6, 6.07) is 0. The van der Waals surface area contributed by atoms with E-state index in [2.05, 4.69) is 21.7 Å². The number of hydrogen-bond donors (Lipinski definition) is 1. The van der Waals surface area contributed by atoms with Gasteiger partial charge in [0, 0.05) is 25.5 Å². The Bertz CT molecular complexity index is 417. The summed E-state index contributed by atoms with van der Waals surface area (Å²) in [4.78, 5) is 0. The largest absolute Gasteiger partial charge is 0.377 e. The molecule has 5 heteroatoms. The molecule has 2 aliphatic rings. The van der Waals surface area contributed by atoms with Crippen molar-refractivity contribution in [2.24, 2.45) is 11.7 Å². The average Bonchev–Trinajstić information content (AvgIpc) is 3.03. The van der Waals surface area contributed by atoms with Crippen LogP contribution >= 0.6 is 0 Å². The number of nitrogens with two attached hydrogens (primary N) is 1. The summed E-state index contributed by atoms with van der Waals surface area (Å²) in [5.41, 5.74) is 5.76. The van der Waals surface area contributed by atoms with Gasteiger partial charge in [-0.1, -0.05) is 6.92 Å². The molecule has 18 heavy (non-hydrogen) atoms. The van der Waals surface area contributed by atoms with Crippen LogP contribution in [0.5, 0.6) is 0 Å². The van der Waals surface area contributed by atoms with Gasteiger partial charge in [-0.3, -0.25) is 0 Å². The highest BCUT2D eigenvalue weighted by molar-refractivity contribution is 5.08. The third-order valence-corrected chi connectivity index (χ3v) is 4.37. The summed E-state index contributed by atoms with van der Waals surface area (Å²) < 4.78 is 8.08. The van der Waals surface area contributed by atoms with Crippen LogP contribution in [-0.4, -0.2) is 34.0 Å². The molecule has 3 unspecified atom stereocenters. The molecule has 0 spiro atoms. The lowest BCUT2D eigenvalue weighted by Crippen LogP contribution is -2.27. The second-order valence-corrected chi connectivity index (χ2v) is 5.43. The van der Waals surface area contributed by atoms with Crippen LogP contribution in [0.4, 0.5) is 0 Å². The topological polar surface area (TPSA) is 66.0 Å². The Balaban J connectivity index is 1.84. The highest BCUT2D eigenvalue weighted by Crippen LogP contribution is 2.33. The summed E-state index contributed by atoms with van der Waals surface area (Å²) >= 11 is 0. The molecule has 3 rings (SSSR count). The van der Waals surface area contributed by atoms with E-state index in [1.165, 1.54) is 0 Å². The van der Waals surface area contributed by atoms with Crippen molar-refractivity contribution in [3.05, 3.63) is 11.6 Å². The van der Waals surface area contributed by atoms with Crippen molar-refractivity contribution in [1.29, 1.82) is 0 Å². The summed E-state index contributed by atoms with van der Waals surface area (Å²) in [5, 5.41) is 8.81. The summed E-state index contributed by atoms with van der Waals surface area (Å²) in [7, 11) is 0. The fourth-order valence-electron chi connectivity index (χ4n) is 3.24. The van der Waals surface area contributed by atoms with Crippen molar-refractivity contribution in [2.45, 2.75) is 51.2 Å². The third-order valence-electron chi connectivity index (χ3n) is 4.37. The minimum absolute atomic E-state index is 0.325. The Morgan fingerprint density at radius 1 is 1.39 bits per heavy atom. The molecular formula is C13H22N4O. The van der Waals surface area contributed by atoms with Crippen molar-refractivity contribution in [2.75, 3.05) is 13.2 Å². The molecule has 3 atom stereocenters. The van der Waals surface area contributed by atoms with Gasteiger partial charge >= 0.3 is 0 Å². The van der Waals surface area contributed by atoms with E-state index in [1.807, 2.05) is 0 Å². The molecule has 2 aliphatic heterocycles. The maximum atomic E-state index is 5.77. The van der Waals surface area contributed by atoms with Crippen molar-refractivity contribution in [3.8, 4) is 0 Å². The van der Waals surface area contributed by atoms with E-state index in [0.29, 0.717) is 17.9 Å². The Kier molecular flexibility index (Phi) is 3.35. The summed E-state index contributed by atoms with van der Waals surface area (Å²) in [6.07, 6.45) is 4.59. The van der Waals surface area contributed by atoms with E-state index in [1.54, 1.807) is 0 Å². The number of aromatic nitrogens is 3. The number of ether oxygens (including phenoxy) is 1. The first-order chi connectivity index (χ1) is 8.83. The van der Waals surface area contributed by atoms with Crippen LogP contribution in [0.3, 0.4) is 0 Å². The van der Waals surface area contributed by atoms with Crippen LogP contribution in [0.1, 0.15) is 43.8 Å². The van der Waals surface area contributed by atoms with Gasteiger partial charge in [0.15, 0.2) is 0 Å². The van der Waals surface area contributed by atoms with E-state index in [0.717, 1.165) is 57.0 Å². The van der Waals surface area contributed by atoms with E-state index in [9.17, 15) is 0 Å². The normalized spacial score (nSPS) is 31.6. The molecular weight excluding hydrogens is 228 g/mol. The van der Waals surface area contributed by atoms with Crippen molar-refractivity contribution < 1.29 is 4.74 Å². The van der Waals surface area contributed by atoms with Gasteiger partial charge in [0.1, 0.15) is 11.6 Å². The molecule has 1 saturated heterocycles. The highest BCUT2D eigenvalue weighted by Gasteiger charge is 2.34. The fourth-order valence-corrected chi connectivity index (χ4v) is 3.24. The van der Waals surface area contributed by atoms with Gasteiger partial charge in [0.25, 0.3) is 0 Å². The fraction of sp³-hybridized carbons (Fsp3) is 0.846. The third kappa shape index (κ3) is 1.95. The van der Waals surface area contributed by atoms with Gasteiger partial charge in [0.05, 0.1) is 6.10 Å². The molecule has 1 fully saturated rings. The second-order valence-electron chi connectivity index (χ2n) is 5.43. The van der Waals surface area contributed by atoms with Crippen molar-refractivity contribution in [3.63, 3.8) is 0 Å². The first kappa shape index (κ1) is 12.1. The predicted molar refractivity (Wildman–Crippen MR) is 68.3 cm³/mol. The van der Waals surface area contributed by atoms with E-state index in [4.69, 9.17) is 10.5 Å². The van der Waals surface area contributed by atoms with Gasteiger partial charge in [-0.05, 0) is 31.7 Å². The van der Waals surface area contributed by atoms with Gasteiger partial charge in [-0.2, -0.15) is 0 Å². The van der Waals surface area contributed by atoms with Gasteiger partial charge in [0.2, 0.25) is 0 Å². The first-order valence-electron chi connectivity index (χ1n) is 7.07. The van der Waals surface area contributed by atoms with Crippen LogP contribution in [0.25, 0.3) is 0 Å². The number of fused-ring (bicyclic) bond motifs is 1. The lowest BCUT2D eigenvalue weighted by molar-refractivity contribution is 0.0986. The van der Waals surface area contributed by atoms with E-state index >= 15 is 0 Å². The first-order valence-corrected chi connectivity index (χ1v) is 7.07. The average molecular weight is 250 g/mol. The zero-order valence-corrected chi connectivity index (χ0v) is 11.0. The van der Waals surface area contributed by atoms with Crippen LogP contribution in [0.2, 0.25) is 0 Å². The van der Waals surface area contributed by atoms with E-state index in [-0.39, 0.29) is 0 Å². The standard InChI is InChI=1S/C13H22N4O/c1-2-11-10(4-6-18-11)13-16-15-12-7-9(8-14)3-5-17(12)13/h9-11H,2-8,14H2,1H3. The molecule has 0 aromatic carbocycles. The molecule has 1 aromatic rings. The predicted octanol–water partition coefficient (Wildman–Crippen LogP) is 1.08. The van der Waals surface area contributed by atoms with E-state index < -0.39 is 0 Å². The smallest absolute Gasteiger partial charge is 0.138 e. The minimum atomic E-state index is 0.325. The highest BCUT2D eigenvalue weighted by atomic mass is 16.5. The molecule has 100 valence electrons. The molecule has 0 bridgehead atoms. The van der Waals surface area contributed by atoms with Crippen LogP contribution in [-0.2, 0) is 17.7 Å². The lowest BCUT2D eigenvalue weighted by atomic mass is 9.95. The maximum Gasteiger partial charge on any atom is 0.138 e. The molecule has 2 N–H and O–H groups in total. The monoisotopic (exact) mass is 250 g/mol. The number of rotatable bonds is 3. The van der Waals surface area contributed by atoms with Gasteiger partial charge in [-0.25, -0.2) is 0 Å². The van der Waals surface area contributed by atoms with Gasteiger partial charge < -0.3 is 15.0 Å². The molecule has 0 aliphatic carbocycles. The van der Waals surface area contributed by atoms with Crippen molar-refractivity contribution in [1.82, 2.24) is 14.8 Å². The minimum Gasteiger partial charge on any atom is -0.377 e. The zero-order valence-electron chi connectivity index (χ0n) is 11.0. The Hall–Kier alpha value is -0.940. The van der Waals surface area contributed by atoms with Crippen LogP contribution in [0, 0.1) is 5.92 Å². The maximum absolute atomic E-state index is 5.77. The number of nitrogens with zero attached hydrogens (tertiary/aromatic N) is 3. The van der Waals surface area contributed by atoms with Crippen LogP contribution < -0.4 is 5.73 Å². The lowest BCUT2D eigenvalue weighted by Gasteiger charge is -2.24. The molecule has 0 saturated carbocycles. The number of hydrogen-bond acceptors (Lipinski definition) is 4. The zero-order chi connectivity index (χ0) is 12.5. The van der Waals surface area contributed by atoms with Gasteiger partial charge in [-0.15, -0.1) is 10.2 Å². The quantitative estimate of drug-likeness (QED) is 0.872. The second kappa shape index (κ2) is 4.97. The SMILES string of the molecule is CCC1OCCC1c1nnc2n1CCC(CN)C2. The molecule has 0 radical (unpaired) electrons. The Morgan fingerprint density at radius 3 is 3.06 bits per heavy atom. The molecule has 5 nitrogen and oxygen atoms in total. The summed E-state index contributed by atoms with van der Waals surface area (Å²) in [5.74, 6) is 3.28. The van der Waals surface area contributed by atoms with Crippen LogP contribution in [0.15, 0.2) is 0 Å². The molecule has 3 heterocycles. The Morgan fingerprint density at radius 2 is 2.28 bits per heavy atom. The Labute approximate surface area is 108 Å². The van der Waals surface area contributed by atoms with Crippen molar-refractivity contribution >= 4 is 0 Å².